The molecule has 0 N–H and O–H groups in total. The maximum absolute atomic E-state index is 5.09. The Balaban J connectivity index is 3.75. The monoisotopic (exact) mass is 266 g/mol. The van der Waals surface area contributed by atoms with Gasteiger partial charge in [0.05, 0.1) is 0 Å². The number of nitrogens with zero attached hydrogens (tertiary/aromatic N) is 2. The molecular weight excluding hydrogens is 252 g/mol. The van der Waals surface area contributed by atoms with Gasteiger partial charge in [-0.05, 0) is 10.8 Å². The van der Waals surface area contributed by atoms with E-state index in [1.54, 1.807) is 0 Å². The number of rotatable bonds is 2. The molecule has 0 amide bonds. The van der Waals surface area contributed by atoms with Crippen LogP contribution < -0.4 is 0 Å². The minimum atomic E-state index is 0.845. The molecule has 80 valence electrons. The van der Waals surface area contributed by atoms with Crippen molar-refractivity contribution in [1.29, 1.82) is 0 Å². The first-order valence-electron chi connectivity index (χ1n) is 3.86. The van der Waals surface area contributed by atoms with Crippen LogP contribution in [-0.2, 0) is 0 Å². The van der Waals surface area contributed by atoms with Gasteiger partial charge in [-0.3, -0.25) is 0 Å². The molecule has 0 aromatic rings. The summed E-state index contributed by atoms with van der Waals surface area (Å²) in [6.45, 7) is 0. The summed E-state index contributed by atoms with van der Waals surface area (Å²) in [6, 6.07) is 0. The number of thioether (sulfide) groups is 2. The molecule has 0 aliphatic rings. The Morgan fingerprint density at radius 1 is 0.857 bits per heavy atom. The molecule has 0 aliphatic carbocycles. The van der Waals surface area contributed by atoms with Gasteiger partial charge in [-0.15, -0.1) is 0 Å². The average Bonchev–Trinajstić information content (AvgIpc) is 2.11. The van der Waals surface area contributed by atoms with Gasteiger partial charge >= 0.3 is 0 Å². The van der Waals surface area contributed by atoms with Gasteiger partial charge in [-0.1, -0.05) is 48.0 Å². The minimum Gasteiger partial charge on any atom is -0.363 e. The van der Waals surface area contributed by atoms with Crippen molar-refractivity contribution in [2.24, 2.45) is 0 Å². The predicted molar refractivity (Wildman–Crippen MR) is 76.9 cm³/mol. The third kappa shape index (κ3) is 6.64. The Kier molecular flexibility index (Phi) is 7.62. The molecule has 0 heterocycles. The molecule has 0 saturated heterocycles. The first-order valence-corrected chi connectivity index (χ1v) is 6.43. The third-order valence-electron chi connectivity index (χ3n) is 1.12. The van der Waals surface area contributed by atoms with E-state index in [0.717, 1.165) is 8.64 Å². The molecule has 0 rings (SSSR count). The van der Waals surface area contributed by atoms with Crippen LogP contribution in [0.15, 0.2) is 10.8 Å². The minimum absolute atomic E-state index is 0.845. The normalized spacial score (nSPS) is 10.3. The van der Waals surface area contributed by atoms with Crippen LogP contribution in [0.3, 0.4) is 0 Å². The highest BCUT2D eigenvalue weighted by Crippen LogP contribution is 2.14. The lowest BCUT2D eigenvalue weighted by atomic mass is 11.0. The van der Waals surface area contributed by atoms with Crippen LogP contribution in [0.5, 0.6) is 0 Å². The number of hydrogen-bond acceptors (Lipinski definition) is 4. The van der Waals surface area contributed by atoms with Crippen molar-refractivity contribution in [3.8, 4) is 0 Å². The van der Waals surface area contributed by atoms with Crippen molar-refractivity contribution in [2.75, 3.05) is 28.2 Å². The quantitative estimate of drug-likeness (QED) is 0.704. The van der Waals surface area contributed by atoms with E-state index < -0.39 is 0 Å². The third-order valence-corrected chi connectivity index (χ3v) is 4.28. The number of hydrogen-bond donors (Lipinski definition) is 0. The highest BCUT2D eigenvalue weighted by molar-refractivity contribution is 8.27. The molecule has 0 atom stereocenters. The van der Waals surface area contributed by atoms with Crippen LogP contribution in [0.25, 0.3) is 0 Å². The molecule has 0 aliphatic heterocycles. The Hall–Kier alpha value is 0.220. The molecule has 2 nitrogen and oxygen atoms in total. The van der Waals surface area contributed by atoms with E-state index in [1.165, 1.54) is 23.5 Å². The van der Waals surface area contributed by atoms with Crippen LogP contribution in [-0.4, -0.2) is 46.6 Å². The van der Waals surface area contributed by atoms with Crippen LogP contribution in [0.1, 0.15) is 0 Å². The smallest absolute Gasteiger partial charge is 0.140 e. The summed E-state index contributed by atoms with van der Waals surface area (Å²) >= 11 is 13.2. The van der Waals surface area contributed by atoms with E-state index in [4.69, 9.17) is 24.4 Å². The van der Waals surface area contributed by atoms with Crippen LogP contribution in [0.2, 0.25) is 0 Å². The van der Waals surface area contributed by atoms with E-state index >= 15 is 0 Å². The molecule has 0 bridgehead atoms. The fraction of sp³-hybridized carbons (Fsp3) is 0.500. The zero-order valence-corrected chi connectivity index (χ0v) is 11.9. The molecule has 0 saturated carbocycles. The first-order chi connectivity index (χ1) is 6.45. The second-order valence-electron chi connectivity index (χ2n) is 2.83. The van der Waals surface area contributed by atoms with Crippen molar-refractivity contribution < 1.29 is 0 Å². The van der Waals surface area contributed by atoms with Gasteiger partial charge in [0.15, 0.2) is 0 Å². The Bertz CT molecular complexity index is 211. The average molecular weight is 266 g/mol. The van der Waals surface area contributed by atoms with Crippen molar-refractivity contribution >= 4 is 56.6 Å². The highest BCUT2D eigenvalue weighted by Gasteiger charge is 1.97. The fourth-order valence-corrected chi connectivity index (χ4v) is 1.82. The zero-order chi connectivity index (χ0) is 11.1. The van der Waals surface area contributed by atoms with Crippen LogP contribution in [0, 0.1) is 0 Å². The lowest BCUT2D eigenvalue weighted by Crippen LogP contribution is -2.15. The molecule has 0 aromatic carbocycles. The fourth-order valence-electron chi connectivity index (χ4n) is 0.383. The summed E-state index contributed by atoms with van der Waals surface area (Å²) in [6.07, 6.45) is 0. The van der Waals surface area contributed by atoms with Gasteiger partial charge in [0.25, 0.3) is 0 Å². The summed E-state index contributed by atoms with van der Waals surface area (Å²) in [5.41, 5.74) is 0. The van der Waals surface area contributed by atoms with Crippen molar-refractivity contribution in [3.05, 3.63) is 10.8 Å². The Morgan fingerprint density at radius 2 is 1.14 bits per heavy atom. The molecule has 0 aromatic heterocycles. The SMILES string of the molecule is CN(C)C(=S)S/C=C/SC(=S)N(C)C. The van der Waals surface area contributed by atoms with Gasteiger partial charge in [-0.25, -0.2) is 0 Å². The molecule has 0 spiro atoms. The van der Waals surface area contributed by atoms with Crippen LogP contribution in [0.4, 0.5) is 0 Å². The van der Waals surface area contributed by atoms with Gasteiger partial charge in [0.1, 0.15) is 8.64 Å². The summed E-state index contributed by atoms with van der Waals surface area (Å²) in [5.74, 6) is 0. The van der Waals surface area contributed by atoms with E-state index in [-0.39, 0.29) is 0 Å². The standard InChI is InChI=1S/C8H14N2S4/c1-9(2)7(11)13-5-6-14-8(12)10(3)4/h5-6H,1-4H3/b6-5+. The molecule has 0 fully saturated rings. The van der Waals surface area contributed by atoms with Gasteiger partial charge in [0.2, 0.25) is 0 Å². The van der Waals surface area contributed by atoms with E-state index in [0.29, 0.717) is 0 Å². The summed E-state index contributed by atoms with van der Waals surface area (Å²) < 4.78 is 1.69. The highest BCUT2D eigenvalue weighted by atomic mass is 32.2. The number of thiocarbonyl (C=S) groups is 2. The summed E-state index contributed by atoms with van der Waals surface area (Å²) in [5, 5.41) is 3.89. The Morgan fingerprint density at radius 3 is 1.36 bits per heavy atom. The molecule has 0 radical (unpaired) electrons. The lowest BCUT2D eigenvalue weighted by molar-refractivity contribution is 0.648. The topological polar surface area (TPSA) is 6.48 Å². The zero-order valence-electron chi connectivity index (χ0n) is 8.68. The second kappa shape index (κ2) is 7.50. The van der Waals surface area contributed by atoms with Gasteiger partial charge in [0, 0.05) is 28.2 Å². The van der Waals surface area contributed by atoms with E-state index in [9.17, 15) is 0 Å². The molecule has 6 heteroatoms. The summed E-state index contributed by atoms with van der Waals surface area (Å²) in [4.78, 5) is 3.80. The van der Waals surface area contributed by atoms with Gasteiger partial charge in [-0.2, -0.15) is 0 Å². The van der Waals surface area contributed by atoms with Crippen LogP contribution >= 0.6 is 48.0 Å². The van der Waals surface area contributed by atoms with Gasteiger partial charge < -0.3 is 9.80 Å². The molecular formula is C8H14N2S4. The lowest BCUT2D eigenvalue weighted by Gasteiger charge is -2.11. The molecule has 0 unspecified atom stereocenters. The van der Waals surface area contributed by atoms with E-state index in [2.05, 4.69) is 0 Å². The maximum Gasteiger partial charge on any atom is 0.140 e. The van der Waals surface area contributed by atoms with Crippen molar-refractivity contribution in [1.82, 2.24) is 9.80 Å². The second-order valence-corrected chi connectivity index (χ2v) is 5.91. The first kappa shape index (κ1) is 14.2. The van der Waals surface area contributed by atoms with Crippen molar-refractivity contribution in [2.45, 2.75) is 0 Å². The summed E-state index contributed by atoms with van der Waals surface area (Å²) in [7, 11) is 7.73. The maximum atomic E-state index is 5.09. The molecule has 14 heavy (non-hydrogen) atoms. The largest absolute Gasteiger partial charge is 0.363 e. The van der Waals surface area contributed by atoms with E-state index in [1.807, 2.05) is 48.8 Å². The predicted octanol–water partition coefficient (Wildman–Crippen LogP) is 2.62. The Labute approximate surface area is 105 Å². The van der Waals surface area contributed by atoms with Crippen molar-refractivity contribution in [3.63, 3.8) is 0 Å².